The average Bonchev–Trinajstić information content (AvgIpc) is 2.54. The van der Waals surface area contributed by atoms with Crippen molar-refractivity contribution in [2.75, 3.05) is 19.0 Å². The standard InChI is InChI=1S/C18H22ClN3O/c1-18(2,15-6-4-5-7-16(15)19)12-21-17(20)22-13-8-10-14(23-3)11-9-13/h4-11H,12H2,1-3H3,(H3,20,21,22). The second-order valence-electron chi connectivity index (χ2n) is 5.92. The Hall–Kier alpha value is -2.20. The fourth-order valence-electron chi connectivity index (χ4n) is 2.24. The molecule has 0 fully saturated rings. The van der Waals surface area contributed by atoms with Crippen molar-refractivity contribution in [3.05, 3.63) is 59.1 Å². The number of methoxy groups -OCH3 is 1. The summed E-state index contributed by atoms with van der Waals surface area (Å²) in [7, 11) is 1.63. The third-order valence-electron chi connectivity index (χ3n) is 3.61. The minimum Gasteiger partial charge on any atom is -0.497 e. The van der Waals surface area contributed by atoms with Gasteiger partial charge in [-0.05, 0) is 35.9 Å². The second-order valence-corrected chi connectivity index (χ2v) is 6.33. The maximum atomic E-state index is 6.28. The van der Waals surface area contributed by atoms with E-state index < -0.39 is 0 Å². The van der Waals surface area contributed by atoms with Crippen molar-refractivity contribution in [1.82, 2.24) is 0 Å². The molecule has 0 aliphatic heterocycles. The molecule has 2 aromatic carbocycles. The van der Waals surface area contributed by atoms with Crippen molar-refractivity contribution >= 4 is 23.2 Å². The quantitative estimate of drug-likeness (QED) is 0.641. The van der Waals surface area contributed by atoms with Crippen LogP contribution in [0, 0.1) is 0 Å². The van der Waals surface area contributed by atoms with Gasteiger partial charge in [0, 0.05) is 16.1 Å². The topological polar surface area (TPSA) is 59.6 Å². The van der Waals surface area contributed by atoms with Gasteiger partial charge >= 0.3 is 0 Å². The van der Waals surface area contributed by atoms with E-state index in [1.807, 2.05) is 48.5 Å². The van der Waals surface area contributed by atoms with Crippen molar-refractivity contribution in [3.63, 3.8) is 0 Å². The number of benzene rings is 2. The monoisotopic (exact) mass is 331 g/mol. The summed E-state index contributed by atoms with van der Waals surface area (Å²) in [6.07, 6.45) is 0. The molecule has 0 saturated carbocycles. The maximum absolute atomic E-state index is 6.28. The molecule has 0 heterocycles. The number of aliphatic imine (C=N–C) groups is 1. The molecule has 23 heavy (non-hydrogen) atoms. The minimum absolute atomic E-state index is 0.204. The Labute approximate surface area is 142 Å². The average molecular weight is 332 g/mol. The number of halogens is 1. The molecule has 0 unspecified atom stereocenters. The van der Waals surface area contributed by atoms with Crippen LogP contribution >= 0.6 is 11.6 Å². The lowest BCUT2D eigenvalue weighted by Gasteiger charge is -2.24. The van der Waals surface area contributed by atoms with Crippen LogP contribution < -0.4 is 15.8 Å². The first-order chi connectivity index (χ1) is 10.9. The summed E-state index contributed by atoms with van der Waals surface area (Å²) < 4.78 is 5.12. The Kier molecular flexibility index (Phi) is 5.50. The summed E-state index contributed by atoms with van der Waals surface area (Å²) in [4.78, 5) is 4.44. The van der Waals surface area contributed by atoms with Crippen molar-refractivity contribution < 1.29 is 4.74 Å². The SMILES string of the molecule is COc1ccc(NC(N)=NCC(C)(C)c2ccccc2Cl)cc1. The van der Waals surface area contributed by atoms with E-state index in [2.05, 4.69) is 24.2 Å². The summed E-state index contributed by atoms with van der Waals surface area (Å²) in [5.41, 5.74) is 7.69. The second kappa shape index (κ2) is 7.38. The van der Waals surface area contributed by atoms with Crippen molar-refractivity contribution in [3.8, 4) is 5.75 Å². The molecular weight excluding hydrogens is 310 g/mol. The van der Waals surface area contributed by atoms with E-state index in [1.165, 1.54) is 0 Å². The van der Waals surface area contributed by atoms with Crippen LogP contribution in [0.1, 0.15) is 19.4 Å². The third-order valence-corrected chi connectivity index (χ3v) is 3.94. The van der Waals surface area contributed by atoms with E-state index in [-0.39, 0.29) is 5.41 Å². The predicted molar refractivity (Wildman–Crippen MR) is 97.6 cm³/mol. The third kappa shape index (κ3) is 4.63. The molecule has 122 valence electrons. The summed E-state index contributed by atoms with van der Waals surface area (Å²) in [6, 6.07) is 15.3. The first-order valence-electron chi connectivity index (χ1n) is 7.38. The van der Waals surface area contributed by atoms with Gasteiger partial charge in [-0.25, -0.2) is 0 Å². The molecule has 2 rings (SSSR count). The Morgan fingerprint density at radius 1 is 1.17 bits per heavy atom. The Balaban J connectivity index is 2.04. The molecule has 5 heteroatoms. The van der Waals surface area contributed by atoms with E-state index in [0.29, 0.717) is 12.5 Å². The zero-order chi connectivity index (χ0) is 16.9. The maximum Gasteiger partial charge on any atom is 0.193 e. The summed E-state index contributed by atoms with van der Waals surface area (Å²) in [6.45, 7) is 4.72. The molecule has 2 aromatic rings. The van der Waals surface area contributed by atoms with Gasteiger partial charge in [-0.1, -0.05) is 43.6 Å². The van der Waals surface area contributed by atoms with E-state index in [0.717, 1.165) is 22.0 Å². The summed E-state index contributed by atoms with van der Waals surface area (Å²) in [5, 5.41) is 3.82. The van der Waals surface area contributed by atoms with E-state index in [1.54, 1.807) is 7.11 Å². The zero-order valence-electron chi connectivity index (χ0n) is 13.6. The lowest BCUT2D eigenvalue weighted by atomic mass is 9.85. The number of rotatable bonds is 5. The highest BCUT2D eigenvalue weighted by Crippen LogP contribution is 2.29. The molecule has 4 nitrogen and oxygen atoms in total. The van der Waals surface area contributed by atoms with Gasteiger partial charge in [0.2, 0.25) is 0 Å². The first-order valence-corrected chi connectivity index (χ1v) is 7.76. The molecule has 0 bridgehead atoms. The number of anilines is 1. The van der Waals surface area contributed by atoms with E-state index in [9.17, 15) is 0 Å². The minimum atomic E-state index is -0.204. The lowest BCUT2D eigenvalue weighted by Crippen LogP contribution is -2.28. The number of guanidine groups is 1. The molecule has 0 atom stereocenters. The summed E-state index contributed by atoms with van der Waals surface area (Å²) >= 11 is 6.28. The highest BCUT2D eigenvalue weighted by Gasteiger charge is 2.22. The lowest BCUT2D eigenvalue weighted by molar-refractivity contribution is 0.415. The largest absolute Gasteiger partial charge is 0.497 e. The van der Waals surface area contributed by atoms with Gasteiger partial charge in [0.05, 0.1) is 13.7 Å². The van der Waals surface area contributed by atoms with Crippen molar-refractivity contribution in [2.24, 2.45) is 10.7 Å². The van der Waals surface area contributed by atoms with Gasteiger partial charge in [0.15, 0.2) is 5.96 Å². The highest BCUT2D eigenvalue weighted by atomic mass is 35.5. The molecule has 0 aromatic heterocycles. The van der Waals surface area contributed by atoms with Gasteiger partial charge in [-0.15, -0.1) is 0 Å². The molecule has 0 radical (unpaired) electrons. The van der Waals surface area contributed by atoms with Crippen LogP contribution in [-0.4, -0.2) is 19.6 Å². The summed E-state index contributed by atoms with van der Waals surface area (Å²) in [5.74, 6) is 1.17. The van der Waals surface area contributed by atoms with Gasteiger partial charge in [-0.3, -0.25) is 4.99 Å². The molecule has 0 aliphatic carbocycles. The van der Waals surface area contributed by atoms with Crippen LogP contribution in [0.15, 0.2) is 53.5 Å². The normalized spacial score (nSPS) is 12.1. The smallest absolute Gasteiger partial charge is 0.193 e. The number of hydrogen-bond donors (Lipinski definition) is 2. The Bertz CT molecular complexity index is 681. The van der Waals surface area contributed by atoms with Crippen LogP contribution in [0.2, 0.25) is 5.02 Å². The van der Waals surface area contributed by atoms with Crippen LogP contribution in [0.25, 0.3) is 0 Å². The van der Waals surface area contributed by atoms with Gasteiger partial charge in [-0.2, -0.15) is 0 Å². The van der Waals surface area contributed by atoms with Crippen molar-refractivity contribution in [1.29, 1.82) is 0 Å². The number of hydrogen-bond acceptors (Lipinski definition) is 2. The number of nitrogens with two attached hydrogens (primary N) is 1. The molecule has 0 spiro atoms. The number of nitrogens with one attached hydrogen (secondary N) is 1. The molecule has 0 saturated heterocycles. The zero-order valence-corrected chi connectivity index (χ0v) is 14.4. The number of nitrogens with zero attached hydrogens (tertiary/aromatic N) is 1. The highest BCUT2D eigenvalue weighted by molar-refractivity contribution is 6.31. The van der Waals surface area contributed by atoms with Gasteiger partial charge in [0.1, 0.15) is 5.75 Å². The molecule has 0 aliphatic rings. The van der Waals surface area contributed by atoms with Crippen LogP contribution in [0.5, 0.6) is 5.75 Å². The first kappa shape index (κ1) is 17.2. The Morgan fingerprint density at radius 2 is 1.83 bits per heavy atom. The van der Waals surface area contributed by atoms with Crippen LogP contribution in [-0.2, 0) is 5.41 Å². The molecule has 0 amide bonds. The predicted octanol–water partition coefficient (Wildman–Crippen LogP) is 4.05. The van der Waals surface area contributed by atoms with Crippen LogP contribution in [0.4, 0.5) is 5.69 Å². The number of ether oxygens (including phenoxy) is 1. The van der Waals surface area contributed by atoms with Crippen molar-refractivity contribution in [2.45, 2.75) is 19.3 Å². The van der Waals surface area contributed by atoms with Crippen LogP contribution in [0.3, 0.4) is 0 Å². The van der Waals surface area contributed by atoms with Gasteiger partial charge < -0.3 is 15.8 Å². The molecular formula is C18H22ClN3O. The Morgan fingerprint density at radius 3 is 2.43 bits per heavy atom. The van der Waals surface area contributed by atoms with Gasteiger partial charge in [0.25, 0.3) is 0 Å². The fraction of sp³-hybridized carbons (Fsp3) is 0.278. The fourth-order valence-corrected chi connectivity index (χ4v) is 2.63. The molecule has 3 N–H and O–H groups in total. The van der Waals surface area contributed by atoms with E-state index in [4.69, 9.17) is 22.1 Å². The van der Waals surface area contributed by atoms with E-state index >= 15 is 0 Å².